The number of H-pyrrole nitrogens is 1. The Labute approximate surface area is 391 Å². The number of nitrogens with one attached hydrogen (secondary N) is 8. The molecule has 1 aromatic heterocycles. The maximum absolute atomic E-state index is 14.2. The zero-order valence-electron chi connectivity index (χ0n) is 39.1. The van der Waals surface area contributed by atoms with E-state index in [1.54, 1.807) is 30.3 Å². The van der Waals surface area contributed by atoms with Crippen molar-refractivity contribution in [1.82, 2.24) is 47.2 Å². The van der Waals surface area contributed by atoms with Crippen molar-refractivity contribution in [3.05, 3.63) is 54.1 Å². The molecule has 1 heterocycles. The average molecular weight is 940 g/mol. The normalized spacial score (nSPS) is 14.1. The van der Waals surface area contributed by atoms with Crippen molar-refractivity contribution in [2.45, 2.75) is 141 Å². The number of nitrogens with zero attached hydrogens (tertiary/aromatic N) is 2. The predicted molar refractivity (Wildman–Crippen MR) is 252 cm³/mol. The van der Waals surface area contributed by atoms with Gasteiger partial charge in [0.05, 0.1) is 6.33 Å². The summed E-state index contributed by atoms with van der Waals surface area (Å²) in [7, 11) is 0. The number of imidazole rings is 1. The van der Waals surface area contributed by atoms with Gasteiger partial charge in [-0.3, -0.25) is 43.3 Å². The van der Waals surface area contributed by atoms with Crippen LogP contribution in [0.15, 0.2) is 47.8 Å². The second kappa shape index (κ2) is 30.6. The standard InChI is InChI=1S/C44H73N15O8/c1-26(2)21-35(59-43(67)36(54-28(4)60)23-30-24-50-25-52-30)42(66)57-32(16-9-11-19-46)40(64)56-33(17-12-20-51-44(48)49)41(65)55-31(15-8-10-18-45)39(63)53-27(3)38(62)58-34(37(47)61)22-29-13-6-5-7-14-29/h5-7,13-14,24-27,31-36H,8-12,15-23,45-46H2,1-4H3,(H2,47,61)(H,50,52)(H,53,63)(H,54,60)(H,55,65)(H,56,64)(H,57,66)(H,58,62)(H,59,67)(H4,48,49,51). The van der Waals surface area contributed by atoms with Crippen molar-refractivity contribution in [3.63, 3.8) is 0 Å². The molecule has 8 amide bonds. The quantitative estimate of drug-likeness (QED) is 0.0205. The summed E-state index contributed by atoms with van der Waals surface area (Å²) in [6.07, 6.45) is 5.57. The lowest BCUT2D eigenvalue weighted by molar-refractivity contribution is -0.136. The van der Waals surface area contributed by atoms with Crippen LogP contribution in [0.2, 0.25) is 0 Å². The van der Waals surface area contributed by atoms with Crippen LogP contribution in [0.25, 0.3) is 0 Å². The molecule has 2 aromatic rings. The van der Waals surface area contributed by atoms with E-state index in [1.807, 2.05) is 13.8 Å². The fourth-order valence-corrected chi connectivity index (χ4v) is 6.91. The minimum absolute atomic E-state index is 0.00338. The SMILES string of the molecule is CC(=O)NC(Cc1cnc[nH]1)C(=O)NC(CC(C)C)C(=O)NC(CCCCN)C(=O)NC(CCCN=C(N)N)C(=O)NC(CCCCN)C(=O)NC(C)C(=O)NC(Cc1ccccc1)C(N)=O. The van der Waals surface area contributed by atoms with E-state index in [4.69, 9.17) is 28.7 Å². The minimum atomic E-state index is -1.28. The van der Waals surface area contributed by atoms with Gasteiger partial charge in [0.1, 0.15) is 42.3 Å². The van der Waals surface area contributed by atoms with Gasteiger partial charge in [-0.1, -0.05) is 44.2 Å². The first-order valence-corrected chi connectivity index (χ1v) is 22.7. The Morgan fingerprint density at radius 1 is 0.597 bits per heavy atom. The number of nitrogens with two attached hydrogens (primary N) is 5. The number of hydrogen-bond acceptors (Lipinski definition) is 12. The predicted octanol–water partition coefficient (Wildman–Crippen LogP) is -2.53. The molecule has 0 spiro atoms. The van der Waals surface area contributed by atoms with Crippen LogP contribution in [0, 0.1) is 5.92 Å². The highest BCUT2D eigenvalue weighted by Gasteiger charge is 2.33. The third kappa shape index (κ3) is 22.4. The summed E-state index contributed by atoms with van der Waals surface area (Å²) in [6, 6.07) is 0.835. The summed E-state index contributed by atoms with van der Waals surface area (Å²) in [5.41, 5.74) is 29.4. The molecular weight excluding hydrogens is 867 g/mol. The molecule has 2 rings (SSSR count). The Morgan fingerprint density at radius 2 is 1.09 bits per heavy atom. The molecule has 0 radical (unpaired) electrons. The van der Waals surface area contributed by atoms with Gasteiger partial charge < -0.3 is 70.9 Å². The number of rotatable bonds is 32. The first-order valence-electron chi connectivity index (χ1n) is 22.7. The van der Waals surface area contributed by atoms with Crippen LogP contribution in [0.1, 0.15) is 96.7 Å². The number of carbonyl (C=O) groups excluding carboxylic acids is 8. The lowest BCUT2D eigenvalue weighted by Gasteiger charge is -2.28. The Kier molecular flexibility index (Phi) is 25.8. The number of hydrogen-bond donors (Lipinski definition) is 13. The molecule has 0 aliphatic heterocycles. The third-order valence-corrected chi connectivity index (χ3v) is 10.4. The van der Waals surface area contributed by atoms with Crippen molar-refractivity contribution in [1.29, 1.82) is 0 Å². The maximum atomic E-state index is 14.2. The van der Waals surface area contributed by atoms with E-state index in [2.05, 4.69) is 52.2 Å². The number of amides is 8. The smallest absolute Gasteiger partial charge is 0.243 e. The van der Waals surface area contributed by atoms with E-state index >= 15 is 0 Å². The molecule has 1 aromatic carbocycles. The molecule has 23 heteroatoms. The maximum Gasteiger partial charge on any atom is 0.243 e. The molecular formula is C44H73N15O8. The van der Waals surface area contributed by atoms with Gasteiger partial charge in [0, 0.05) is 38.2 Å². The van der Waals surface area contributed by atoms with Crippen LogP contribution < -0.4 is 65.9 Å². The molecule has 372 valence electrons. The van der Waals surface area contributed by atoms with E-state index in [0.717, 1.165) is 5.56 Å². The van der Waals surface area contributed by atoms with E-state index in [-0.39, 0.29) is 63.4 Å². The summed E-state index contributed by atoms with van der Waals surface area (Å²) in [4.78, 5) is 118. The van der Waals surface area contributed by atoms with Crippen molar-refractivity contribution in [2.24, 2.45) is 39.6 Å². The van der Waals surface area contributed by atoms with E-state index in [1.165, 1.54) is 26.4 Å². The highest BCUT2D eigenvalue weighted by Crippen LogP contribution is 2.11. The number of carbonyl (C=O) groups is 8. The van der Waals surface area contributed by atoms with Crippen LogP contribution in [-0.2, 0) is 51.2 Å². The Balaban J connectivity index is 2.35. The summed E-state index contributed by atoms with van der Waals surface area (Å²) in [5.74, 6) is -5.71. The van der Waals surface area contributed by atoms with Crippen LogP contribution in [0.5, 0.6) is 0 Å². The Bertz CT molecular complexity index is 1910. The number of benzene rings is 1. The van der Waals surface area contributed by atoms with Gasteiger partial charge >= 0.3 is 0 Å². The number of primary amides is 1. The summed E-state index contributed by atoms with van der Waals surface area (Å²) >= 11 is 0. The Hall–Kier alpha value is -6.62. The second-order valence-electron chi connectivity index (χ2n) is 16.8. The number of unbranched alkanes of at least 4 members (excludes halogenated alkanes) is 2. The largest absolute Gasteiger partial charge is 0.370 e. The lowest BCUT2D eigenvalue weighted by Crippen LogP contribution is -2.60. The average Bonchev–Trinajstić information content (AvgIpc) is 3.79. The lowest BCUT2D eigenvalue weighted by atomic mass is 10.0. The van der Waals surface area contributed by atoms with E-state index < -0.39 is 89.6 Å². The molecule has 0 bridgehead atoms. The van der Waals surface area contributed by atoms with Crippen molar-refractivity contribution in [2.75, 3.05) is 19.6 Å². The number of guanidine groups is 1. The summed E-state index contributed by atoms with van der Waals surface area (Å²) < 4.78 is 0. The van der Waals surface area contributed by atoms with Gasteiger partial charge in [-0.05, 0) is 89.3 Å². The van der Waals surface area contributed by atoms with Crippen LogP contribution in [-0.4, -0.2) is 125 Å². The van der Waals surface area contributed by atoms with Gasteiger partial charge in [-0.25, -0.2) is 4.98 Å². The van der Waals surface area contributed by atoms with Gasteiger partial charge in [0.2, 0.25) is 47.3 Å². The molecule has 0 saturated carbocycles. The molecule has 18 N–H and O–H groups in total. The van der Waals surface area contributed by atoms with Gasteiger partial charge in [0.15, 0.2) is 5.96 Å². The molecule has 0 saturated heterocycles. The number of aromatic nitrogens is 2. The van der Waals surface area contributed by atoms with E-state index in [0.29, 0.717) is 44.5 Å². The van der Waals surface area contributed by atoms with Gasteiger partial charge in [-0.2, -0.15) is 0 Å². The van der Waals surface area contributed by atoms with Crippen molar-refractivity contribution < 1.29 is 38.4 Å². The van der Waals surface area contributed by atoms with Crippen LogP contribution in [0.3, 0.4) is 0 Å². The molecule has 7 atom stereocenters. The van der Waals surface area contributed by atoms with Crippen LogP contribution >= 0.6 is 0 Å². The highest BCUT2D eigenvalue weighted by atomic mass is 16.2. The summed E-state index contributed by atoms with van der Waals surface area (Å²) in [5, 5.41) is 18.7. The second-order valence-corrected chi connectivity index (χ2v) is 16.8. The molecule has 67 heavy (non-hydrogen) atoms. The minimum Gasteiger partial charge on any atom is -0.370 e. The molecule has 0 aliphatic rings. The topological polar surface area (TPSA) is 392 Å². The first-order chi connectivity index (χ1) is 31.8. The number of aliphatic imine (C=N–C) groups is 1. The third-order valence-electron chi connectivity index (χ3n) is 10.4. The molecule has 23 nitrogen and oxygen atoms in total. The van der Waals surface area contributed by atoms with E-state index in [9.17, 15) is 38.4 Å². The van der Waals surface area contributed by atoms with Crippen molar-refractivity contribution >= 4 is 53.2 Å². The highest BCUT2D eigenvalue weighted by molar-refractivity contribution is 5.97. The molecule has 0 aliphatic carbocycles. The fourth-order valence-electron chi connectivity index (χ4n) is 6.91. The van der Waals surface area contributed by atoms with Crippen molar-refractivity contribution in [3.8, 4) is 0 Å². The molecule has 0 fully saturated rings. The van der Waals surface area contributed by atoms with Gasteiger partial charge in [0.25, 0.3) is 0 Å². The molecule has 7 unspecified atom stereocenters. The first kappa shape index (κ1) is 56.5. The zero-order chi connectivity index (χ0) is 49.9. The van der Waals surface area contributed by atoms with Gasteiger partial charge in [-0.15, -0.1) is 0 Å². The zero-order valence-corrected chi connectivity index (χ0v) is 39.1. The Morgan fingerprint density at radius 3 is 1.57 bits per heavy atom. The number of aromatic amines is 1. The van der Waals surface area contributed by atoms with Crippen LogP contribution in [0.4, 0.5) is 0 Å². The summed E-state index contributed by atoms with van der Waals surface area (Å²) in [6.45, 7) is 7.09. The fraction of sp³-hybridized carbons (Fsp3) is 0.591. The monoisotopic (exact) mass is 940 g/mol.